The average molecular weight is 258 g/mol. The third kappa shape index (κ3) is 2.90. The lowest BCUT2D eigenvalue weighted by Gasteiger charge is -2.26. The number of nitrogens with zero attached hydrogens (tertiary/aromatic N) is 1. The second kappa shape index (κ2) is 5.38. The Morgan fingerprint density at radius 3 is 2.81 bits per heavy atom. The predicted octanol–water partition coefficient (Wildman–Crippen LogP) is 2.01. The van der Waals surface area contributed by atoms with Gasteiger partial charge in [0.05, 0.1) is 11.2 Å². The Morgan fingerprint density at radius 1 is 1.56 bits per heavy atom. The fourth-order valence-corrected chi connectivity index (χ4v) is 4.23. The molecule has 5 heteroatoms. The average Bonchev–Trinajstić information content (AvgIpc) is 2.68. The van der Waals surface area contributed by atoms with Crippen LogP contribution < -0.4 is 5.32 Å². The molecule has 16 heavy (non-hydrogen) atoms. The highest BCUT2D eigenvalue weighted by atomic mass is 32.2. The minimum absolute atomic E-state index is 0.365. The molecule has 0 amide bonds. The van der Waals surface area contributed by atoms with Gasteiger partial charge in [-0.1, -0.05) is 0 Å². The van der Waals surface area contributed by atoms with Gasteiger partial charge >= 0.3 is 0 Å². The highest BCUT2D eigenvalue weighted by Crippen LogP contribution is 2.23. The topological polar surface area (TPSA) is 42.0 Å². The zero-order valence-corrected chi connectivity index (χ0v) is 11.4. The molecule has 0 radical (unpaired) electrons. The van der Waals surface area contributed by atoms with E-state index in [1.807, 2.05) is 5.51 Å². The lowest BCUT2D eigenvalue weighted by molar-refractivity contribution is 0.429. The number of thiazole rings is 1. The minimum Gasteiger partial charge on any atom is -0.307 e. The van der Waals surface area contributed by atoms with E-state index in [1.165, 1.54) is 4.88 Å². The first-order chi connectivity index (χ1) is 7.66. The largest absolute Gasteiger partial charge is 0.307 e. The van der Waals surface area contributed by atoms with Crippen molar-refractivity contribution in [3.63, 3.8) is 0 Å². The van der Waals surface area contributed by atoms with Gasteiger partial charge in [-0.15, -0.1) is 11.3 Å². The molecule has 1 aromatic heterocycles. The molecule has 1 aliphatic heterocycles. The fourth-order valence-electron chi connectivity index (χ4n) is 2.12. The molecule has 90 valence electrons. The molecule has 0 aromatic carbocycles. The number of aryl methyl sites for hydroxylation is 1. The molecule has 3 nitrogen and oxygen atoms in total. The zero-order valence-electron chi connectivity index (χ0n) is 9.73. The van der Waals surface area contributed by atoms with E-state index in [4.69, 9.17) is 0 Å². The van der Waals surface area contributed by atoms with Gasteiger partial charge in [-0.3, -0.25) is 4.21 Å². The molecule has 0 saturated carbocycles. The van der Waals surface area contributed by atoms with Crippen molar-refractivity contribution < 1.29 is 4.21 Å². The SMILES string of the molecule is Cc1ncsc1C(C)NC1CCS(=O)CC1. The monoisotopic (exact) mass is 258 g/mol. The van der Waals surface area contributed by atoms with Crippen LogP contribution in [0.4, 0.5) is 0 Å². The quantitative estimate of drug-likeness (QED) is 0.902. The highest BCUT2D eigenvalue weighted by Gasteiger charge is 2.20. The van der Waals surface area contributed by atoms with Gasteiger partial charge in [-0.05, 0) is 26.7 Å². The van der Waals surface area contributed by atoms with E-state index in [0.29, 0.717) is 12.1 Å². The molecule has 0 bridgehead atoms. The van der Waals surface area contributed by atoms with E-state index < -0.39 is 10.8 Å². The van der Waals surface area contributed by atoms with E-state index >= 15 is 0 Å². The summed E-state index contributed by atoms with van der Waals surface area (Å²) in [6, 6.07) is 0.887. The molecule has 0 aliphatic carbocycles. The van der Waals surface area contributed by atoms with Crippen molar-refractivity contribution in [3.8, 4) is 0 Å². The maximum Gasteiger partial charge on any atom is 0.0798 e. The summed E-state index contributed by atoms with van der Waals surface area (Å²) < 4.78 is 11.3. The number of rotatable bonds is 3. The van der Waals surface area contributed by atoms with Gasteiger partial charge in [0.1, 0.15) is 0 Å². The van der Waals surface area contributed by atoms with Crippen LogP contribution in [0.15, 0.2) is 5.51 Å². The molecule has 1 atom stereocenters. The molecule has 1 N–H and O–H groups in total. The van der Waals surface area contributed by atoms with Crippen LogP contribution in [0.5, 0.6) is 0 Å². The summed E-state index contributed by atoms with van der Waals surface area (Å²) in [5.41, 5.74) is 3.03. The van der Waals surface area contributed by atoms with Gasteiger partial charge in [-0.2, -0.15) is 0 Å². The molecule has 1 aromatic rings. The molecule has 1 aliphatic rings. The summed E-state index contributed by atoms with van der Waals surface area (Å²) in [6.07, 6.45) is 2.07. The molecular formula is C11H18N2OS2. The van der Waals surface area contributed by atoms with Gasteiger partial charge in [0, 0.05) is 39.3 Å². The Morgan fingerprint density at radius 2 is 2.25 bits per heavy atom. The van der Waals surface area contributed by atoms with Crippen molar-refractivity contribution >= 4 is 22.1 Å². The van der Waals surface area contributed by atoms with E-state index in [1.54, 1.807) is 11.3 Å². The molecule has 1 saturated heterocycles. The first kappa shape index (κ1) is 12.2. The molecule has 1 fully saturated rings. The Balaban J connectivity index is 1.90. The first-order valence-electron chi connectivity index (χ1n) is 5.68. The third-order valence-electron chi connectivity index (χ3n) is 3.05. The number of hydrogen-bond acceptors (Lipinski definition) is 4. The molecule has 2 heterocycles. The minimum atomic E-state index is -0.567. The van der Waals surface area contributed by atoms with E-state index in [0.717, 1.165) is 30.0 Å². The van der Waals surface area contributed by atoms with Gasteiger partial charge in [-0.25, -0.2) is 4.98 Å². The molecule has 2 rings (SSSR count). The lowest BCUT2D eigenvalue weighted by Crippen LogP contribution is -2.37. The smallest absolute Gasteiger partial charge is 0.0798 e. The van der Waals surface area contributed by atoms with Crippen LogP contribution in [0, 0.1) is 6.92 Å². The van der Waals surface area contributed by atoms with Crippen molar-refractivity contribution in [2.45, 2.75) is 38.8 Å². The van der Waals surface area contributed by atoms with Crippen molar-refractivity contribution in [3.05, 3.63) is 16.1 Å². The summed E-state index contributed by atoms with van der Waals surface area (Å²) in [7, 11) is -0.567. The van der Waals surface area contributed by atoms with Crippen LogP contribution in [-0.4, -0.2) is 26.7 Å². The Kier molecular flexibility index (Phi) is 4.10. The number of hydrogen-bond donors (Lipinski definition) is 1. The van der Waals surface area contributed by atoms with Crippen LogP contribution in [0.25, 0.3) is 0 Å². The van der Waals surface area contributed by atoms with Crippen molar-refractivity contribution in [2.24, 2.45) is 0 Å². The summed E-state index contributed by atoms with van der Waals surface area (Å²) in [5.74, 6) is 1.71. The van der Waals surface area contributed by atoms with E-state index in [-0.39, 0.29) is 0 Å². The van der Waals surface area contributed by atoms with Crippen LogP contribution in [-0.2, 0) is 10.8 Å². The van der Waals surface area contributed by atoms with Crippen molar-refractivity contribution in [1.29, 1.82) is 0 Å². The maximum atomic E-state index is 11.3. The first-order valence-corrected chi connectivity index (χ1v) is 8.04. The predicted molar refractivity (Wildman–Crippen MR) is 69.3 cm³/mol. The maximum absolute atomic E-state index is 11.3. The van der Waals surface area contributed by atoms with Gasteiger partial charge in [0.15, 0.2) is 0 Å². The summed E-state index contributed by atoms with van der Waals surface area (Å²) in [6.45, 7) is 4.24. The number of nitrogens with one attached hydrogen (secondary N) is 1. The van der Waals surface area contributed by atoms with Gasteiger partial charge in [0.2, 0.25) is 0 Å². The Labute approximate surface area is 103 Å². The van der Waals surface area contributed by atoms with Crippen molar-refractivity contribution in [1.82, 2.24) is 10.3 Å². The summed E-state index contributed by atoms with van der Waals surface area (Å²) in [4.78, 5) is 5.60. The Bertz CT molecular complexity index is 368. The van der Waals surface area contributed by atoms with Crippen LogP contribution in [0.1, 0.15) is 36.4 Å². The Hall–Kier alpha value is -0.260. The van der Waals surface area contributed by atoms with Gasteiger partial charge in [0.25, 0.3) is 0 Å². The zero-order chi connectivity index (χ0) is 11.5. The van der Waals surface area contributed by atoms with Crippen LogP contribution in [0.2, 0.25) is 0 Å². The normalized spacial score (nSPS) is 27.9. The van der Waals surface area contributed by atoms with Crippen molar-refractivity contribution in [2.75, 3.05) is 11.5 Å². The van der Waals surface area contributed by atoms with E-state index in [2.05, 4.69) is 24.1 Å². The summed E-state index contributed by atoms with van der Waals surface area (Å²) in [5, 5.41) is 3.62. The molecule has 0 spiro atoms. The second-order valence-electron chi connectivity index (χ2n) is 4.31. The molecular weight excluding hydrogens is 240 g/mol. The summed E-state index contributed by atoms with van der Waals surface area (Å²) >= 11 is 1.71. The third-order valence-corrected chi connectivity index (χ3v) is 5.55. The van der Waals surface area contributed by atoms with Gasteiger partial charge < -0.3 is 5.32 Å². The fraction of sp³-hybridized carbons (Fsp3) is 0.727. The van der Waals surface area contributed by atoms with Crippen LogP contribution >= 0.6 is 11.3 Å². The van der Waals surface area contributed by atoms with E-state index in [9.17, 15) is 4.21 Å². The standard InChI is InChI=1S/C11H18N2OS2/c1-8-11(15-7-12-8)9(2)13-10-3-5-16(14)6-4-10/h7,9-10,13H,3-6H2,1-2H3. The molecule has 1 unspecified atom stereocenters. The lowest BCUT2D eigenvalue weighted by atomic mass is 10.1. The second-order valence-corrected chi connectivity index (χ2v) is 6.90. The number of aromatic nitrogens is 1. The highest BCUT2D eigenvalue weighted by molar-refractivity contribution is 7.85. The van der Waals surface area contributed by atoms with Crippen LogP contribution in [0.3, 0.4) is 0 Å².